The smallest absolute Gasteiger partial charge is 0.294 e. The highest BCUT2D eigenvalue weighted by molar-refractivity contribution is 7.91. The van der Waals surface area contributed by atoms with Gasteiger partial charge in [-0.2, -0.15) is 0 Å². The number of halogens is 1. The third kappa shape index (κ3) is 5.63. The van der Waals surface area contributed by atoms with Crippen LogP contribution in [0.25, 0.3) is 0 Å². The quantitative estimate of drug-likeness (QED) is 0.443. The summed E-state index contributed by atoms with van der Waals surface area (Å²) in [5.74, 6) is -2.34. The molecule has 1 heterocycles. The van der Waals surface area contributed by atoms with Crippen LogP contribution in [0.4, 0.5) is 10.1 Å². The van der Waals surface area contributed by atoms with Crippen molar-refractivity contribution >= 4 is 33.1 Å². The van der Waals surface area contributed by atoms with Gasteiger partial charge in [0.15, 0.2) is 0 Å². The Morgan fingerprint density at radius 2 is 1.74 bits per heavy atom. The van der Waals surface area contributed by atoms with Gasteiger partial charge in [-0.15, -0.1) is 0 Å². The topological polar surface area (TPSA) is 114 Å². The molecule has 0 unspecified atom stereocenters. The van der Waals surface area contributed by atoms with Gasteiger partial charge in [-0.05, 0) is 75.3 Å². The SMILES string of the molecule is CCc1c(C(=O)Nc2ccc(F)c(C)c2)c(C)n(C)c1C(=O)C(=O)N[C@H]1CC[C@@H](S(C)(=O)=O)CC1. The van der Waals surface area contributed by atoms with E-state index in [1.807, 2.05) is 0 Å². The van der Waals surface area contributed by atoms with Gasteiger partial charge in [-0.3, -0.25) is 14.4 Å². The molecule has 0 spiro atoms. The van der Waals surface area contributed by atoms with Gasteiger partial charge in [0.2, 0.25) is 0 Å². The van der Waals surface area contributed by atoms with Crippen LogP contribution in [0.15, 0.2) is 18.2 Å². The normalized spacial score (nSPS) is 18.2. The number of nitrogens with one attached hydrogen (secondary N) is 2. The molecule has 0 atom stereocenters. The molecule has 2 aromatic rings. The number of anilines is 1. The number of carbonyl (C=O) groups excluding carboxylic acids is 3. The molecule has 1 aliphatic rings. The van der Waals surface area contributed by atoms with Gasteiger partial charge in [0.05, 0.1) is 16.5 Å². The Morgan fingerprint density at radius 1 is 1.11 bits per heavy atom. The molecule has 0 saturated heterocycles. The molecule has 10 heteroatoms. The van der Waals surface area contributed by atoms with Crippen LogP contribution < -0.4 is 10.6 Å². The third-order valence-electron chi connectivity index (χ3n) is 6.82. The molecular formula is C25H32FN3O5S. The fourth-order valence-corrected chi connectivity index (χ4v) is 5.85. The van der Waals surface area contributed by atoms with E-state index < -0.39 is 32.7 Å². The van der Waals surface area contributed by atoms with E-state index in [1.54, 1.807) is 32.4 Å². The van der Waals surface area contributed by atoms with Crippen LogP contribution >= 0.6 is 0 Å². The summed E-state index contributed by atoms with van der Waals surface area (Å²) < 4.78 is 38.6. The summed E-state index contributed by atoms with van der Waals surface area (Å²) in [4.78, 5) is 39.1. The molecule has 3 rings (SSSR count). The third-order valence-corrected chi connectivity index (χ3v) is 8.50. The van der Waals surface area contributed by atoms with Crippen LogP contribution in [-0.4, -0.2) is 48.1 Å². The average molecular weight is 506 g/mol. The molecular weight excluding hydrogens is 473 g/mol. The molecule has 2 amide bonds. The molecule has 0 bridgehead atoms. The number of carbonyl (C=O) groups is 3. The summed E-state index contributed by atoms with van der Waals surface area (Å²) in [6.07, 6.45) is 3.40. The van der Waals surface area contributed by atoms with Crippen LogP contribution in [0.2, 0.25) is 0 Å². The molecule has 190 valence electrons. The van der Waals surface area contributed by atoms with E-state index in [-0.39, 0.29) is 17.6 Å². The van der Waals surface area contributed by atoms with Crippen LogP contribution in [-0.2, 0) is 28.1 Å². The van der Waals surface area contributed by atoms with Gasteiger partial charge in [0, 0.05) is 30.7 Å². The number of hydrogen-bond acceptors (Lipinski definition) is 5. The van der Waals surface area contributed by atoms with Gasteiger partial charge < -0.3 is 15.2 Å². The second-order valence-electron chi connectivity index (χ2n) is 9.22. The van der Waals surface area contributed by atoms with Crippen molar-refractivity contribution in [3.8, 4) is 0 Å². The van der Waals surface area contributed by atoms with Crippen LogP contribution in [0.3, 0.4) is 0 Å². The summed E-state index contributed by atoms with van der Waals surface area (Å²) in [5, 5.41) is 5.08. The monoisotopic (exact) mass is 505 g/mol. The molecule has 8 nitrogen and oxygen atoms in total. The standard InChI is InChI=1S/C25H32FN3O5S/c1-6-19-21(24(31)28-17-9-12-20(26)14(2)13-17)15(3)29(4)22(19)23(30)25(32)27-16-7-10-18(11-8-16)35(5,33)34/h9,12-13,16,18H,6-8,10-11H2,1-5H3,(H,27,32)(H,28,31)/t16-,18+. The van der Waals surface area contributed by atoms with E-state index in [9.17, 15) is 27.2 Å². The van der Waals surface area contributed by atoms with Crippen LogP contribution in [0.5, 0.6) is 0 Å². The second kappa shape index (κ2) is 10.3. The molecule has 1 aromatic carbocycles. The lowest BCUT2D eigenvalue weighted by Gasteiger charge is -2.27. The Kier molecular flexibility index (Phi) is 7.83. The second-order valence-corrected chi connectivity index (χ2v) is 11.5. The van der Waals surface area contributed by atoms with Crippen molar-refractivity contribution in [1.29, 1.82) is 0 Å². The maximum absolute atomic E-state index is 13.6. The number of rotatable bonds is 7. The predicted molar refractivity (Wildman–Crippen MR) is 132 cm³/mol. The number of nitrogens with zero attached hydrogens (tertiary/aromatic N) is 1. The van der Waals surface area contributed by atoms with Gasteiger partial charge in [0.25, 0.3) is 17.6 Å². The average Bonchev–Trinajstić information content (AvgIpc) is 3.05. The van der Waals surface area contributed by atoms with Gasteiger partial charge in [-0.25, -0.2) is 12.8 Å². The van der Waals surface area contributed by atoms with E-state index in [0.717, 1.165) is 0 Å². The highest BCUT2D eigenvalue weighted by Gasteiger charge is 2.33. The number of aryl methyl sites for hydroxylation is 1. The number of Topliss-reactive ketones (excluding diaryl/α,β-unsaturated/α-hetero) is 1. The van der Waals surface area contributed by atoms with Crippen molar-refractivity contribution in [2.75, 3.05) is 11.6 Å². The Bertz CT molecular complexity index is 1270. The van der Waals surface area contributed by atoms with Crippen LogP contribution in [0.1, 0.15) is 70.3 Å². The summed E-state index contributed by atoms with van der Waals surface area (Å²) in [6, 6.07) is 3.98. The van der Waals surface area contributed by atoms with E-state index >= 15 is 0 Å². The van der Waals surface area contributed by atoms with Crippen molar-refractivity contribution in [2.24, 2.45) is 7.05 Å². The fraction of sp³-hybridized carbons (Fsp3) is 0.480. The van der Waals surface area contributed by atoms with Crippen LogP contribution in [0, 0.1) is 19.7 Å². The molecule has 1 saturated carbocycles. The summed E-state index contributed by atoms with van der Waals surface area (Å²) >= 11 is 0. The first-order valence-corrected chi connectivity index (χ1v) is 13.6. The zero-order valence-corrected chi connectivity index (χ0v) is 21.5. The number of amides is 2. The Balaban J connectivity index is 1.80. The number of sulfone groups is 1. The molecule has 1 aromatic heterocycles. The lowest BCUT2D eigenvalue weighted by Crippen LogP contribution is -2.43. The number of ketones is 1. The fourth-order valence-electron chi connectivity index (χ4n) is 4.72. The van der Waals surface area contributed by atoms with Gasteiger partial charge in [0.1, 0.15) is 15.7 Å². The lowest BCUT2D eigenvalue weighted by atomic mass is 9.94. The number of benzene rings is 1. The first-order chi connectivity index (χ1) is 16.3. The van der Waals surface area contributed by atoms with Crippen molar-refractivity contribution < 1.29 is 27.2 Å². The van der Waals surface area contributed by atoms with E-state index in [0.29, 0.717) is 60.2 Å². The van der Waals surface area contributed by atoms with E-state index in [4.69, 9.17) is 0 Å². The summed E-state index contributed by atoms with van der Waals surface area (Å²) in [5.41, 5.74) is 2.26. The predicted octanol–water partition coefficient (Wildman–Crippen LogP) is 3.25. The molecule has 2 N–H and O–H groups in total. The minimum atomic E-state index is -3.13. The molecule has 1 fully saturated rings. The molecule has 0 radical (unpaired) electrons. The molecule has 0 aliphatic heterocycles. The Labute approximate surface area is 205 Å². The molecule has 1 aliphatic carbocycles. The first-order valence-electron chi connectivity index (χ1n) is 11.6. The lowest BCUT2D eigenvalue weighted by molar-refractivity contribution is -0.117. The van der Waals surface area contributed by atoms with Crippen molar-refractivity contribution in [3.63, 3.8) is 0 Å². The summed E-state index contributed by atoms with van der Waals surface area (Å²) in [6.45, 7) is 5.10. The first kappa shape index (κ1) is 26.6. The highest BCUT2D eigenvalue weighted by Crippen LogP contribution is 2.27. The van der Waals surface area contributed by atoms with Crippen molar-refractivity contribution in [1.82, 2.24) is 9.88 Å². The molecule has 35 heavy (non-hydrogen) atoms. The maximum atomic E-state index is 13.6. The zero-order valence-electron chi connectivity index (χ0n) is 20.7. The zero-order chi connectivity index (χ0) is 26.1. The Morgan fingerprint density at radius 3 is 2.29 bits per heavy atom. The van der Waals surface area contributed by atoms with E-state index in [2.05, 4.69) is 10.6 Å². The highest BCUT2D eigenvalue weighted by atomic mass is 32.2. The van der Waals surface area contributed by atoms with Crippen molar-refractivity contribution in [2.45, 2.75) is 64.2 Å². The summed E-state index contributed by atoms with van der Waals surface area (Å²) in [7, 11) is -1.50. The largest absolute Gasteiger partial charge is 0.346 e. The van der Waals surface area contributed by atoms with Gasteiger partial charge >= 0.3 is 0 Å². The number of hydrogen-bond donors (Lipinski definition) is 2. The van der Waals surface area contributed by atoms with Crippen molar-refractivity contribution in [3.05, 3.63) is 52.1 Å². The Hall–Kier alpha value is -3.01. The minimum absolute atomic E-state index is 0.146. The maximum Gasteiger partial charge on any atom is 0.294 e. The number of aromatic nitrogens is 1. The minimum Gasteiger partial charge on any atom is -0.346 e. The van der Waals surface area contributed by atoms with E-state index in [1.165, 1.54) is 24.5 Å². The van der Waals surface area contributed by atoms with Gasteiger partial charge in [-0.1, -0.05) is 6.92 Å².